The predicted octanol–water partition coefficient (Wildman–Crippen LogP) is 5.25. The number of hydrogen-bond acceptors (Lipinski definition) is 8. The molecule has 0 unspecified atom stereocenters. The number of nitrogens with zero attached hydrogens (tertiary/aromatic N) is 5. The van der Waals surface area contributed by atoms with Gasteiger partial charge in [-0.1, -0.05) is 77.6 Å². The van der Waals surface area contributed by atoms with E-state index >= 15 is 0 Å². The Morgan fingerprint density at radius 3 is 2.58 bits per heavy atom. The molecule has 38 heavy (non-hydrogen) atoms. The monoisotopic (exact) mass is 533 g/mol. The first-order valence-corrected chi connectivity index (χ1v) is 13.4. The van der Waals surface area contributed by atoms with E-state index in [1.165, 1.54) is 15.9 Å². The number of nitriles is 1. The van der Waals surface area contributed by atoms with Crippen molar-refractivity contribution in [1.29, 1.82) is 5.26 Å². The number of fused-ring (bicyclic) bond motifs is 1. The summed E-state index contributed by atoms with van der Waals surface area (Å²) in [5.74, 6) is 0.538. The summed E-state index contributed by atoms with van der Waals surface area (Å²) in [4.78, 5) is 23.5. The van der Waals surface area contributed by atoms with Crippen molar-refractivity contribution >= 4 is 33.7 Å². The fourth-order valence-corrected chi connectivity index (χ4v) is 5.63. The number of pyridine rings is 1. The summed E-state index contributed by atoms with van der Waals surface area (Å²) in [5, 5.41) is 16.4. The molecule has 0 radical (unpaired) electrons. The Labute approximate surface area is 225 Å². The summed E-state index contributed by atoms with van der Waals surface area (Å²) >= 11 is 2.83. The molecule has 6 rings (SSSR count). The lowest BCUT2D eigenvalue weighted by molar-refractivity contribution is 0.284. The highest BCUT2D eigenvalue weighted by Gasteiger charge is 2.18. The van der Waals surface area contributed by atoms with Crippen LogP contribution >= 0.6 is 22.7 Å². The van der Waals surface area contributed by atoms with E-state index in [2.05, 4.69) is 21.1 Å². The van der Waals surface area contributed by atoms with Crippen LogP contribution in [0.25, 0.3) is 32.7 Å². The molecule has 4 aromatic heterocycles. The minimum atomic E-state index is -0.232. The second kappa shape index (κ2) is 10.0. The summed E-state index contributed by atoms with van der Waals surface area (Å²) in [6.45, 7) is 1.99. The zero-order valence-electron chi connectivity index (χ0n) is 20.2. The minimum absolute atomic E-state index is 0.0332. The quantitative estimate of drug-likeness (QED) is 0.290. The van der Waals surface area contributed by atoms with Gasteiger partial charge >= 0.3 is 0 Å². The van der Waals surface area contributed by atoms with Crippen molar-refractivity contribution in [2.45, 2.75) is 13.5 Å². The molecule has 4 heterocycles. The number of aromatic nitrogens is 4. The fourth-order valence-electron chi connectivity index (χ4n) is 4.01. The highest BCUT2D eigenvalue weighted by Crippen LogP contribution is 2.35. The van der Waals surface area contributed by atoms with Gasteiger partial charge in [0.05, 0.1) is 15.1 Å². The van der Waals surface area contributed by atoms with E-state index in [-0.39, 0.29) is 18.0 Å². The molecule has 0 amide bonds. The van der Waals surface area contributed by atoms with Crippen molar-refractivity contribution in [3.63, 3.8) is 0 Å². The lowest BCUT2D eigenvalue weighted by Crippen LogP contribution is -2.23. The highest BCUT2D eigenvalue weighted by molar-refractivity contribution is 7.15. The number of hydrogen-bond donors (Lipinski definition) is 0. The van der Waals surface area contributed by atoms with E-state index in [1.807, 2.05) is 91.2 Å². The Kier molecular flexibility index (Phi) is 6.25. The van der Waals surface area contributed by atoms with Gasteiger partial charge in [-0.2, -0.15) is 14.8 Å². The first-order valence-electron chi connectivity index (χ1n) is 11.7. The summed E-state index contributed by atoms with van der Waals surface area (Å²) in [6.07, 6.45) is 1.82. The van der Waals surface area contributed by atoms with Crippen LogP contribution in [0.3, 0.4) is 0 Å². The third-order valence-electron chi connectivity index (χ3n) is 5.90. The maximum absolute atomic E-state index is 12.9. The van der Waals surface area contributed by atoms with Crippen molar-refractivity contribution in [3.8, 4) is 33.6 Å². The zero-order valence-corrected chi connectivity index (χ0v) is 21.8. The molecule has 2 aromatic carbocycles. The summed E-state index contributed by atoms with van der Waals surface area (Å²) in [6, 6.07) is 25.7. The second-order valence-electron chi connectivity index (χ2n) is 8.53. The molecule has 0 atom stereocenters. The lowest BCUT2D eigenvalue weighted by Gasteiger charge is -2.12. The van der Waals surface area contributed by atoms with Gasteiger partial charge in [0.2, 0.25) is 10.8 Å². The molecule has 9 heteroatoms. The highest BCUT2D eigenvalue weighted by atomic mass is 32.1. The van der Waals surface area contributed by atoms with Crippen molar-refractivity contribution < 1.29 is 4.74 Å². The van der Waals surface area contributed by atoms with E-state index in [9.17, 15) is 10.1 Å². The summed E-state index contributed by atoms with van der Waals surface area (Å²) < 4.78 is 7.87. The normalized spacial score (nSPS) is 11.6. The molecular weight excluding hydrogens is 514 g/mol. The van der Waals surface area contributed by atoms with Crippen LogP contribution < -0.4 is 14.8 Å². The zero-order chi connectivity index (χ0) is 26.1. The first kappa shape index (κ1) is 23.7. The van der Waals surface area contributed by atoms with Gasteiger partial charge in [0, 0.05) is 5.56 Å². The third-order valence-corrected chi connectivity index (χ3v) is 7.75. The van der Waals surface area contributed by atoms with Gasteiger partial charge in [0.25, 0.3) is 5.56 Å². The smallest absolute Gasteiger partial charge is 0.291 e. The molecule has 6 aromatic rings. The molecule has 0 bridgehead atoms. The molecule has 0 fully saturated rings. The number of thiophene rings is 1. The van der Waals surface area contributed by atoms with Crippen LogP contribution in [0, 0.1) is 18.3 Å². The van der Waals surface area contributed by atoms with Gasteiger partial charge < -0.3 is 4.74 Å². The van der Waals surface area contributed by atoms with Gasteiger partial charge in [0.1, 0.15) is 11.6 Å². The molecular formula is C29H19N5O2S2. The van der Waals surface area contributed by atoms with E-state index in [1.54, 1.807) is 11.3 Å². The molecule has 0 spiro atoms. The van der Waals surface area contributed by atoms with Crippen LogP contribution in [0.4, 0.5) is 0 Å². The Morgan fingerprint density at radius 1 is 1.05 bits per heavy atom. The molecule has 0 saturated carbocycles. The first-order chi connectivity index (χ1) is 18.6. The Bertz CT molecular complexity index is 1900. The number of thiazole rings is 1. The minimum Gasteiger partial charge on any atom is -0.468 e. The fraction of sp³-hybridized carbons (Fsp3) is 0.0690. The average molecular weight is 534 g/mol. The Balaban J connectivity index is 1.35. The molecule has 0 aliphatic rings. The van der Waals surface area contributed by atoms with Crippen LogP contribution in [-0.4, -0.2) is 19.6 Å². The van der Waals surface area contributed by atoms with Crippen molar-refractivity contribution in [1.82, 2.24) is 19.6 Å². The standard InChI is InChI=1S/C29H19N5O2S2/c1-18-9-11-20(12-10-18)21-15-23(24-8-5-13-37-24)31-27(22(21)16-30)36-17-26-32-29-34(33-26)28(35)25(38-29)14-19-6-3-2-4-7-19/h2-15H,17H2,1H3/b25-14+. The van der Waals surface area contributed by atoms with Crippen LogP contribution in [0.2, 0.25) is 0 Å². The molecule has 0 aliphatic carbocycles. The third kappa shape index (κ3) is 4.59. The predicted molar refractivity (Wildman–Crippen MR) is 149 cm³/mol. The van der Waals surface area contributed by atoms with Crippen molar-refractivity contribution in [2.24, 2.45) is 0 Å². The maximum Gasteiger partial charge on any atom is 0.291 e. The molecule has 0 saturated heterocycles. The number of aryl methyl sites for hydroxylation is 1. The summed E-state index contributed by atoms with van der Waals surface area (Å²) in [5.41, 5.74) is 4.52. The van der Waals surface area contributed by atoms with Crippen LogP contribution in [0.5, 0.6) is 5.88 Å². The van der Waals surface area contributed by atoms with Gasteiger partial charge in [-0.3, -0.25) is 4.79 Å². The van der Waals surface area contributed by atoms with E-state index in [4.69, 9.17) is 4.74 Å². The largest absolute Gasteiger partial charge is 0.468 e. The lowest BCUT2D eigenvalue weighted by atomic mass is 9.99. The van der Waals surface area contributed by atoms with Crippen LogP contribution in [0.15, 0.2) is 83.0 Å². The van der Waals surface area contributed by atoms with Gasteiger partial charge in [-0.25, -0.2) is 4.98 Å². The van der Waals surface area contributed by atoms with Gasteiger partial charge in [-0.05, 0) is 41.6 Å². The Morgan fingerprint density at radius 2 is 1.87 bits per heavy atom. The van der Waals surface area contributed by atoms with Crippen LogP contribution in [0.1, 0.15) is 22.5 Å². The summed E-state index contributed by atoms with van der Waals surface area (Å²) in [7, 11) is 0. The molecule has 0 N–H and O–H groups in total. The molecule has 184 valence electrons. The van der Waals surface area contributed by atoms with Gasteiger partial charge in [0.15, 0.2) is 12.4 Å². The average Bonchev–Trinajstić information content (AvgIpc) is 3.67. The van der Waals surface area contributed by atoms with E-state index in [0.29, 0.717) is 26.6 Å². The topological polar surface area (TPSA) is 93.2 Å². The van der Waals surface area contributed by atoms with E-state index in [0.717, 1.165) is 27.1 Å². The van der Waals surface area contributed by atoms with E-state index < -0.39 is 0 Å². The van der Waals surface area contributed by atoms with Crippen LogP contribution in [-0.2, 0) is 6.61 Å². The second-order valence-corrected chi connectivity index (χ2v) is 10.5. The van der Waals surface area contributed by atoms with Gasteiger partial charge in [-0.15, -0.1) is 16.4 Å². The Hall–Kier alpha value is -4.65. The number of benzene rings is 2. The molecule has 0 aliphatic heterocycles. The number of rotatable bonds is 6. The molecule has 7 nitrogen and oxygen atoms in total. The maximum atomic E-state index is 12.9. The van der Waals surface area contributed by atoms with Crippen molar-refractivity contribution in [2.75, 3.05) is 0 Å². The number of ether oxygens (including phenoxy) is 1. The van der Waals surface area contributed by atoms with Crippen molar-refractivity contribution in [3.05, 3.63) is 116 Å². The SMILES string of the molecule is Cc1ccc(-c2cc(-c3cccs3)nc(OCc3nc4s/c(=C/c5ccccc5)c(=O)n4n3)c2C#N)cc1.